The van der Waals surface area contributed by atoms with Crippen LogP contribution >= 0.6 is 0 Å². The summed E-state index contributed by atoms with van der Waals surface area (Å²) in [6.07, 6.45) is -0.786. The molecule has 0 amide bonds. The second kappa shape index (κ2) is 4.71. The number of hydrogen-bond donors (Lipinski definition) is 4. The Morgan fingerprint density at radius 1 is 1.25 bits per heavy atom. The van der Waals surface area contributed by atoms with Gasteiger partial charge in [-0.3, -0.25) is 0 Å². The zero-order chi connectivity index (χ0) is 11.5. The van der Waals surface area contributed by atoms with E-state index >= 15 is 0 Å². The Kier molecular flexibility index (Phi) is 3.30. The number of aromatic nitrogens is 2. The zero-order valence-electron chi connectivity index (χ0n) is 8.39. The molecule has 2 rings (SSSR count). The van der Waals surface area contributed by atoms with E-state index in [9.17, 15) is 10.2 Å². The Hall–Kier alpha value is -1.28. The molecule has 0 bridgehead atoms. The van der Waals surface area contributed by atoms with Crippen LogP contribution in [0, 0.1) is 0 Å². The summed E-state index contributed by atoms with van der Waals surface area (Å²) in [5.41, 5.74) is 0. The zero-order valence-corrected chi connectivity index (χ0v) is 8.39. The fraction of sp³-hybridized carbons (Fsp3) is 0.556. The summed E-state index contributed by atoms with van der Waals surface area (Å²) >= 11 is 0. The molecule has 0 aliphatic carbocycles. The average molecular weight is 227 g/mol. The van der Waals surface area contributed by atoms with Crippen LogP contribution in [-0.2, 0) is 4.74 Å². The molecule has 0 unspecified atom stereocenters. The molecule has 1 fully saturated rings. The first-order valence-corrected chi connectivity index (χ1v) is 4.88. The number of nitrogens with zero attached hydrogens (tertiary/aromatic N) is 2. The van der Waals surface area contributed by atoms with Crippen LogP contribution in [0.4, 0.5) is 5.95 Å². The van der Waals surface area contributed by atoms with Crippen molar-refractivity contribution in [1.29, 1.82) is 0 Å². The first kappa shape index (κ1) is 11.2. The van der Waals surface area contributed by atoms with Crippen LogP contribution in [0.3, 0.4) is 0 Å². The van der Waals surface area contributed by atoms with Crippen LogP contribution in [0.5, 0.6) is 0 Å². The van der Waals surface area contributed by atoms with Crippen LogP contribution in [0.2, 0.25) is 0 Å². The van der Waals surface area contributed by atoms with Gasteiger partial charge in [-0.2, -0.15) is 0 Å². The Morgan fingerprint density at radius 3 is 2.50 bits per heavy atom. The molecule has 1 aromatic rings. The molecular formula is C9H13N3O4. The molecule has 4 N–H and O–H groups in total. The number of hydrogen-bond acceptors (Lipinski definition) is 7. The summed E-state index contributed by atoms with van der Waals surface area (Å²) in [5, 5.41) is 30.7. The van der Waals surface area contributed by atoms with E-state index in [1.165, 1.54) is 12.4 Å². The summed E-state index contributed by atoms with van der Waals surface area (Å²) < 4.78 is 5.20. The molecule has 1 aliphatic heterocycles. The minimum atomic E-state index is -1.12. The average Bonchev–Trinajstić information content (AvgIpc) is 2.58. The number of aliphatic hydroxyl groups excluding tert-OH is 3. The third kappa shape index (κ3) is 2.12. The summed E-state index contributed by atoms with van der Waals surface area (Å²) in [6.45, 7) is -0.355. The van der Waals surface area contributed by atoms with E-state index in [4.69, 9.17) is 9.84 Å². The van der Waals surface area contributed by atoms with Crippen molar-refractivity contribution in [2.75, 3.05) is 11.9 Å². The van der Waals surface area contributed by atoms with Gasteiger partial charge in [-0.05, 0) is 6.07 Å². The lowest BCUT2D eigenvalue weighted by Crippen LogP contribution is -2.36. The smallest absolute Gasteiger partial charge is 0.224 e. The van der Waals surface area contributed by atoms with E-state index in [2.05, 4.69) is 15.3 Å². The third-order valence-corrected chi connectivity index (χ3v) is 2.38. The van der Waals surface area contributed by atoms with Crippen molar-refractivity contribution in [2.45, 2.75) is 24.5 Å². The fourth-order valence-corrected chi connectivity index (χ4v) is 1.52. The summed E-state index contributed by atoms with van der Waals surface area (Å²) in [5.74, 6) is 0.289. The lowest BCUT2D eigenvalue weighted by atomic mass is 10.1. The number of anilines is 1. The first-order valence-electron chi connectivity index (χ1n) is 4.88. The largest absolute Gasteiger partial charge is 0.394 e. The van der Waals surface area contributed by atoms with E-state index in [1.54, 1.807) is 6.07 Å². The highest BCUT2D eigenvalue weighted by molar-refractivity contribution is 5.24. The fourth-order valence-electron chi connectivity index (χ4n) is 1.52. The van der Waals surface area contributed by atoms with E-state index in [0.717, 1.165) is 0 Å². The molecule has 1 saturated heterocycles. The minimum Gasteiger partial charge on any atom is -0.394 e. The van der Waals surface area contributed by atoms with Crippen molar-refractivity contribution >= 4 is 5.95 Å². The van der Waals surface area contributed by atoms with Crippen molar-refractivity contribution in [1.82, 2.24) is 9.97 Å². The monoisotopic (exact) mass is 227 g/mol. The molecule has 0 spiro atoms. The van der Waals surface area contributed by atoms with E-state index < -0.39 is 24.5 Å². The van der Waals surface area contributed by atoms with Crippen molar-refractivity contribution in [2.24, 2.45) is 0 Å². The lowest BCUT2D eigenvalue weighted by Gasteiger charge is -2.15. The van der Waals surface area contributed by atoms with Crippen LogP contribution in [0.15, 0.2) is 18.5 Å². The SMILES string of the molecule is OC[C@H]1O[C@@H](Nc2ncccn2)[C@H](O)[C@@H]1O. The molecule has 7 nitrogen and oxygen atoms in total. The molecule has 2 heterocycles. The van der Waals surface area contributed by atoms with Gasteiger partial charge in [0, 0.05) is 12.4 Å². The number of nitrogens with one attached hydrogen (secondary N) is 1. The summed E-state index contributed by atoms with van der Waals surface area (Å²) in [6, 6.07) is 1.66. The molecule has 1 aromatic heterocycles. The molecule has 0 aromatic carbocycles. The standard InChI is InChI=1S/C9H13N3O4/c13-4-5-6(14)7(15)8(16-5)12-9-10-2-1-3-11-9/h1-3,5-8,13-15H,4H2,(H,10,11,12)/t5-,6-,7-,8-/m1/s1. The Morgan fingerprint density at radius 2 is 1.94 bits per heavy atom. The number of ether oxygens (including phenoxy) is 1. The molecular weight excluding hydrogens is 214 g/mol. The normalized spacial score (nSPS) is 33.9. The van der Waals surface area contributed by atoms with Crippen molar-refractivity contribution < 1.29 is 20.1 Å². The van der Waals surface area contributed by atoms with Crippen molar-refractivity contribution in [3.63, 3.8) is 0 Å². The molecule has 0 saturated carbocycles. The minimum absolute atomic E-state index is 0.289. The van der Waals surface area contributed by atoms with Crippen LogP contribution in [0.1, 0.15) is 0 Å². The van der Waals surface area contributed by atoms with E-state index in [-0.39, 0.29) is 12.6 Å². The van der Waals surface area contributed by atoms with E-state index in [0.29, 0.717) is 0 Å². The van der Waals surface area contributed by atoms with Crippen LogP contribution in [-0.4, -0.2) is 56.4 Å². The van der Waals surface area contributed by atoms with Gasteiger partial charge in [0.15, 0.2) is 6.23 Å². The van der Waals surface area contributed by atoms with E-state index in [1.807, 2.05) is 0 Å². The second-order valence-electron chi connectivity index (χ2n) is 3.48. The van der Waals surface area contributed by atoms with Gasteiger partial charge in [-0.25, -0.2) is 9.97 Å². The van der Waals surface area contributed by atoms with Gasteiger partial charge in [0.05, 0.1) is 6.61 Å². The Balaban J connectivity index is 2.01. The molecule has 4 atom stereocenters. The second-order valence-corrected chi connectivity index (χ2v) is 3.48. The highest BCUT2D eigenvalue weighted by Gasteiger charge is 2.42. The van der Waals surface area contributed by atoms with Gasteiger partial charge in [-0.1, -0.05) is 0 Å². The molecule has 7 heteroatoms. The first-order chi connectivity index (χ1) is 7.72. The highest BCUT2D eigenvalue weighted by atomic mass is 16.6. The number of aliphatic hydroxyl groups is 3. The molecule has 88 valence electrons. The lowest BCUT2D eigenvalue weighted by molar-refractivity contribution is -0.0154. The Bertz CT molecular complexity index is 337. The van der Waals surface area contributed by atoms with Gasteiger partial charge in [0.2, 0.25) is 5.95 Å². The number of rotatable bonds is 3. The maximum Gasteiger partial charge on any atom is 0.224 e. The van der Waals surface area contributed by atoms with Crippen molar-refractivity contribution in [3.8, 4) is 0 Å². The topological polar surface area (TPSA) is 108 Å². The van der Waals surface area contributed by atoms with Gasteiger partial charge in [-0.15, -0.1) is 0 Å². The summed E-state index contributed by atoms with van der Waals surface area (Å²) in [4.78, 5) is 7.79. The quantitative estimate of drug-likeness (QED) is 0.489. The predicted molar refractivity (Wildman–Crippen MR) is 53.4 cm³/mol. The predicted octanol–water partition coefficient (Wildman–Crippen LogP) is -1.67. The van der Waals surface area contributed by atoms with Crippen molar-refractivity contribution in [3.05, 3.63) is 18.5 Å². The molecule has 0 radical (unpaired) electrons. The van der Waals surface area contributed by atoms with Crippen LogP contribution < -0.4 is 5.32 Å². The van der Waals surface area contributed by atoms with Gasteiger partial charge in [0.25, 0.3) is 0 Å². The van der Waals surface area contributed by atoms with Crippen LogP contribution in [0.25, 0.3) is 0 Å². The maximum absolute atomic E-state index is 9.62. The van der Waals surface area contributed by atoms with Gasteiger partial charge >= 0.3 is 0 Å². The van der Waals surface area contributed by atoms with Gasteiger partial charge < -0.3 is 25.4 Å². The van der Waals surface area contributed by atoms with Gasteiger partial charge in [0.1, 0.15) is 18.3 Å². The highest BCUT2D eigenvalue weighted by Crippen LogP contribution is 2.21. The maximum atomic E-state index is 9.62. The third-order valence-electron chi connectivity index (χ3n) is 2.38. The molecule has 16 heavy (non-hydrogen) atoms. The molecule has 1 aliphatic rings. The Labute approximate surface area is 91.7 Å². The summed E-state index contributed by atoms with van der Waals surface area (Å²) in [7, 11) is 0.